The Balaban J connectivity index is 1.63. The van der Waals surface area contributed by atoms with E-state index in [1.54, 1.807) is 17.0 Å². The lowest BCUT2D eigenvalue weighted by Gasteiger charge is -2.37. The molecule has 4 heterocycles. The van der Waals surface area contributed by atoms with Crippen LogP contribution in [0, 0.1) is 17.2 Å². The normalized spacial score (nSPS) is 14.7. The van der Waals surface area contributed by atoms with Crippen LogP contribution in [-0.4, -0.2) is 58.0 Å². The second kappa shape index (κ2) is 8.23. The number of ether oxygens (including phenoxy) is 1. The van der Waals surface area contributed by atoms with Crippen LogP contribution < -0.4 is 10.9 Å². The molecule has 0 bridgehead atoms. The van der Waals surface area contributed by atoms with Gasteiger partial charge < -0.3 is 24.9 Å². The highest BCUT2D eigenvalue weighted by molar-refractivity contribution is 7.20. The van der Waals surface area contributed by atoms with E-state index in [9.17, 15) is 14.4 Å². The predicted molar refractivity (Wildman–Crippen MR) is 115 cm³/mol. The lowest BCUT2D eigenvalue weighted by molar-refractivity contribution is -0.137. The minimum Gasteiger partial charge on any atom is -0.465 e. The summed E-state index contributed by atoms with van der Waals surface area (Å²) in [4.78, 5) is 49.9. The first kappa shape index (κ1) is 20.6. The molecule has 10 nitrogen and oxygen atoms in total. The van der Waals surface area contributed by atoms with Crippen molar-refractivity contribution in [2.45, 2.75) is 19.4 Å². The number of esters is 1. The Morgan fingerprint density at radius 2 is 2.26 bits per heavy atom. The molecule has 0 saturated carbocycles. The zero-order chi connectivity index (χ0) is 22.1. The number of hydrogen-bond acceptors (Lipinski definition) is 8. The Bertz CT molecular complexity index is 1220. The number of hydrogen-bond donors (Lipinski definition) is 3. The molecule has 3 aromatic rings. The number of nitriles is 1. The average molecular weight is 440 g/mol. The number of aromatic nitrogens is 3. The Hall–Kier alpha value is -3.65. The van der Waals surface area contributed by atoms with Crippen LogP contribution in [0.2, 0.25) is 0 Å². The summed E-state index contributed by atoms with van der Waals surface area (Å²) in [6.07, 6.45) is 2.01. The monoisotopic (exact) mass is 440 g/mol. The summed E-state index contributed by atoms with van der Waals surface area (Å²) >= 11 is 1.16. The van der Waals surface area contributed by atoms with Crippen LogP contribution >= 0.6 is 11.3 Å². The van der Waals surface area contributed by atoms with Crippen molar-refractivity contribution >= 4 is 39.2 Å². The summed E-state index contributed by atoms with van der Waals surface area (Å²) in [7, 11) is 1.31. The number of H-pyrrole nitrogens is 2. The summed E-state index contributed by atoms with van der Waals surface area (Å²) in [5, 5.41) is 12.1. The summed E-state index contributed by atoms with van der Waals surface area (Å²) in [6.45, 7) is 2.72. The Morgan fingerprint density at radius 3 is 2.90 bits per heavy atom. The maximum atomic E-state index is 12.8. The molecule has 160 valence electrons. The minimum atomic E-state index is -0.540. The van der Waals surface area contributed by atoms with Gasteiger partial charge in [0.2, 0.25) is 5.91 Å². The number of amides is 1. The first-order valence-corrected chi connectivity index (χ1v) is 10.5. The van der Waals surface area contributed by atoms with Crippen molar-refractivity contribution in [2.24, 2.45) is 5.92 Å². The zero-order valence-corrected chi connectivity index (χ0v) is 17.7. The third-order valence-electron chi connectivity index (χ3n) is 5.17. The maximum absolute atomic E-state index is 12.8. The van der Waals surface area contributed by atoms with Gasteiger partial charge in [-0.05, 0) is 18.6 Å². The van der Waals surface area contributed by atoms with Crippen molar-refractivity contribution in [3.8, 4) is 17.5 Å². The van der Waals surface area contributed by atoms with E-state index in [0.717, 1.165) is 11.3 Å². The van der Waals surface area contributed by atoms with Gasteiger partial charge in [-0.25, -0.2) is 9.78 Å². The standard InChI is InChI=1S/C20H20N6O4S/c1-3-11(19(28)26-8-10(7-21)9-26)23-12-4-5-22-17(27)15(12)16-24-13-6-14(20(29)30-2)31-18(13)25-16/h4-6,10-11H,3,8-9H2,1-2H3,(H,24,25)(H2,22,23,27)/t11-/m1/s1. The van der Waals surface area contributed by atoms with E-state index in [1.807, 2.05) is 6.92 Å². The zero-order valence-electron chi connectivity index (χ0n) is 16.9. The van der Waals surface area contributed by atoms with E-state index in [-0.39, 0.29) is 22.9 Å². The van der Waals surface area contributed by atoms with E-state index < -0.39 is 12.0 Å². The number of likely N-dealkylation sites (tertiary alicyclic amines) is 1. The predicted octanol–water partition coefficient (Wildman–Crippen LogP) is 1.94. The van der Waals surface area contributed by atoms with Gasteiger partial charge in [-0.2, -0.15) is 5.26 Å². The van der Waals surface area contributed by atoms with Gasteiger partial charge >= 0.3 is 5.97 Å². The van der Waals surface area contributed by atoms with Crippen molar-refractivity contribution in [1.82, 2.24) is 19.9 Å². The molecule has 1 saturated heterocycles. The number of nitrogens with one attached hydrogen (secondary N) is 3. The second-order valence-corrected chi connectivity index (χ2v) is 8.21. The van der Waals surface area contributed by atoms with Crippen molar-refractivity contribution in [1.29, 1.82) is 5.26 Å². The molecular weight excluding hydrogens is 420 g/mol. The van der Waals surface area contributed by atoms with Crippen LogP contribution in [0.3, 0.4) is 0 Å². The fraction of sp³-hybridized carbons (Fsp3) is 0.350. The Labute approximate surface area is 180 Å². The lowest BCUT2D eigenvalue weighted by Crippen LogP contribution is -2.54. The summed E-state index contributed by atoms with van der Waals surface area (Å²) < 4.78 is 4.72. The van der Waals surface area contributed by atoms with Crippen LogP contribution in [0.25, 0.3) is 21.7 Å². The van der Waals surface area contributed by atoms with Crippen molar-refractivity contribution < 1.29 is 14.3 Å². The summed E-state index contributed by atoms with van der Waals surface area (Å²) in [5.41, 5.74) is 0.988. The topological polar surface area (TPSA) is 144 Å². The highest BCUT2D eigenvalue weighted by Crippen LogP contribution is 2.30. The van der Waals surface area contributed by atoms with Gasteiger partial charge in [0, 0.05) is 19.3 Å². The summed E-state index contributed by atoms with van der Waals surface area (Å²) in [5.74, 6) is -0.351. The number of anilines is 1. The maximum Gasteiger partial charge on any atom is 0.348 e. The molecule has 0 spiro atoms. The molecule has 0 unspecified atom stereocenters. The summed E-state index contributed by atoms with van der Waals surface area (Å²) in [6, 6.07) is 4.92. The Morgan fingerprint density at radius 1 is 1.48 bits per heavy atom. The number of nitrogens with zero attached hydrogens (tertiary/aromatic N) is 3. The van der Waals surface area contributed by atoms with Gasteiger partial charge in [0.25, 0.3) is 5.56 Å². The van der Waals surface area contributed by atoms with Crippen molar-refractivity contribution in [3.05, 3.63) is 33.6 Å². The molecule has 4 rings (SSSR count). The third kappa shape index (κ3) is 3.77. The average Bonchev–Trinajstić information content (AvgIpc) is 3.29. The number of carbonyl (C=O) groups excluding carboxylic acids is 2. The van der Waals surface area contributed by atoms with E-state index in [4.69, 9.17) is 10.00 Å². The smallest absolute Gasteiger partial charge is 0.348 e. The minimum absolute atomic E-state index is 0.108. The van der Waals surface area contributed by atoms with Gasteiger partial charge in [-0.3, -0.25) is 9.59 Å². The van der Waals surface area contributed by atoms with Crippen LogP contribution in [-0.2, 0) is 9.53 Å². The van der Waals surface area contributed by atoms with Gasteiger partial charge in [0.15, 0.2) is 0 Å². The largest absolute Gasteiger partial charge is 0.465 e. The van der Waals surface area contributed by atoms with E-state index >= 15 is 0 Å². The molecule has 0 aliphatic carbocycles. The molecule has 11 heteroatoms. The van der Waals surface area contributed by atoms with Crippen molar-refractivity contribution in [3.63, 3.8) is 0 Å². The van der Waals surface area contributed by atoms with Gasteiger partial charge in [-0.1, -0.05) is 6.92 Å². The first-order chi connectivity index (χ1) is 14.9. The van der Waals surface area contributed by atoms with Crippen LogP contribution in [0.5, 0.6) is 0 Å². The number of carbonyl (C=O) groups is 2. The molecule has 31 heavy (non-hydrogen) atoms. The number of rotatable bonds is 6. The number of methoxy groups -OCH3 is 1. The molecular formula is C20H20N6O4S. The number of aromatic amines is 2. The fourth-order valence-corrected chi connectivity index (χ4v) is 4.36. The second-order valence-electron chi connectivity index (χ2n) is 7.18. The quantitative estimate of drug-likeness (QED) is 0.497. The number of thiophene rings is 1. The lowest BCUT2D eigenvalue weighted by atomic mass is 10.00. The highest BCUT2D eigenvalue weighted by atomic mass is 32.1. The van der Waals surface area contributed by atoms with E-state index in [0.29, 0.717) is 46.2 Å². The molecule has 1 aliphatic heterocycles. The molecule has 1 atom stereocenters. The number of fused-ring (bicyclic) bond motifs is 1. The van der Waals surface area contributed by atoms with E-state index in [2.05, 4.69) is 26.3 Å². The number of pyridine rings is 1. The molecule has 1 amide bonds. The molecule has 3 N–H and O–H groups in total. The molecule has 3 aromatic heterocycles. The van der Waals surface area contributed by atoms with Crippen LogP contribution in [0.15, 0.2) is 23.1 Å². The third-order valence-corrected chi connectivity index (χ3v) is 6.18. The molecule has 0 aromatic carbocycles. The van der Waals surface area contributed by atoms with Gasteiger partial charge in [-0.15, -0.1) is 11.3 Å². The molecule has 1 fully saturated rings. The Kier molecular flexibility index (Phi) is 5.48. The first-order valence-electron chi connectivity index (χ1n) is 9.70. The van der Waals surface area contributed by atoms with Crippen LogP contribution in [0.1, 0.15) is 23.0 Å². The van der Waals surface area contributed by atoms with E-state index in [1.165, 1.54) is 13.3 Å². The van der Waals surface area contributed by atoms with Crippen molar-refractivity contribution in [2.75, 3.05) is 25.5 Å². The van der Waals surface area contributed by atoms with Gasteiger partial charge in [0.05, 0.1) is 30.3 Å². The van der Waals surface area contributed by atoms with Gasteiger partial charge in [0.1, 0.15) is 27.1 Å². The van der Waals surface area contributed by atoms with Crippen LogP contribution in [0.4, 0.5) is 5.69 Å². The fourth-order valence-electron chi connectivity index (χ4n) is 3.45. The highest BCUT2D eigenvalue weighted by Gasteiger charge is 2.34. The molecule has 1 aliphatic rings. The SMILES string of the molecule is CC[C@@H](Nc1cc[nH]c(=O)c1-c1nc2sc(C(=O)OC)cc2[nH]1)C(=O)N1CC(C#N)C1. The molecule has 0 radical (unpaired) electrons. The number of imidazole rings is 1.